The molecule has 2 aromatic carbocycles. The predicted molar refractivity (Wildman–Crippen MR) is 110 cm³/mol. The Bertz CT molecular complexity index is 991. The van der Waals surface area contributed by atoms with Crippen LogP contribution >= 0.6 is 24.0 Å². The number of carbonyl (C=O) groups excluding carboxylic acids is 1. The van der Waals surface area contributed by atoms with E-state index < -0.39 is 22.8 Å². The Hall–Kier alpha value is -3.04. The van der Waals surface area contributed by atoms with Crippen LogP contribution in [0.25, 0.3) is 6.08 Å². The van der Waals surface area contributed by atoms with Gasteiger partial charge in [0.2, 0.25) is 0 Å². The minimum absolute atomic E-state index is 0.0986. The molecule has 1 N–H and O–H groups in total. The second kappa shape index (κ2) is 8.32. The van der Waals surface area contributed by atoms with Gasteiger partial charge in [-0.15, -0.1) is 0 Å². The van der Waals surface area contributed by atoms with Gasteiger partial charge in [-0.1, -0.05) is 66.4 Å². The number of carboxylic acids is 1. The van der Waals surface area contributed by atoms with Gasteiger partial charge < -0.3 is 5.11 Å². The second-order valence-corrected chi connectivity index (χ2v) is 7.59. The summed E-state index contributed by atoms with van der Waals surface area (Å²) < 4.78 is 0.109. The van der Waals surface area contributed by atoms with E-state index in [1.807, 2.05) is 6.07 Å². The van der Waals surface area contributed by atoms with Gasteiger partial charge in [0.25, 0.3) is 11.6 Å². The van der Waals surface area contributed by atoms with Crippen molar-refractivity contribution in [2.45, 2.75) is 12.5 Å². The Kier molecular flexibility index (Phi) is 5.86. The van der Waals surface area contributed by atoms with Gasteiger partial charge in [0.15, 0.2) is 0 Å². The normalized spacial score (nSPS) is 16.4. The van der Waals surface area contributed by atoms with Crippen LogP contribution in [0.3, 0.4) is 0 Å². The third-order valence-electron chi connectivity index (χ3n) is 4.11. The molecule has 1 aliphatic heterocycles. The SMILES string of the molecule is O=C(O)[C@H](Cc1ccccc1)N1C(=O)/C(=C/c2ccccc2[N+](=O)[O-])SC1=S. The van der Waals surface area contributed by atoms with Crippen molar-refractivity contribution in [3.05, 3.63) is 80.7 Å². The summed E-state index contributed by atoms with van der Waals surface area (Å²) in [5.41, 5.74) is 0.862. The highest BCUT2D eigenvalue weighted by Crippen LogP contribution is 2.36. The van der Waals surface area contributed by atoms with E-state index in [0.717, 1.165) is 22.2 Å². The van der Waals surface area contributed by atoms with Crippen LogP contribution in [-0.4, -0.2) is 37.2 Å². The number of benzene rings is 2. The summed E-state index contributed by atoms with van der Waals surface area (Å²) in [6, 6.07) is 13.8. The molecule has 0 spiro atoms. The number of thioether (sulfide) groups is 1. The Morgan fingerprint density at radius 2 is 1.86 bits per heavy atom. The molecule has 1 fully saturated rings. The molecule has 7 nitrogen and oxygen atoms in total. The van der Waals surface area contributed by atoms with E-state index in [-0.39, 0.29) is 26.9 Å². The number of amides is 1. The maximum atomic E-state index is 12.9. The Morgan fingerprint density at radius 3 is 2.50 bits per heavy atom. The zero-order valence-electron chi connectivity index (χ0n) is 14.3. The van der Waals surface area contributed by atoms with Gasteiger partial charge in [0, 0.05) is 12.5 Å². The van der Waals surface area contributed by atoms with Crippen molar-refractivity contribution < 1.29 is 19.6 Å². The summed E-state index contributed by atoms with van der Waals surface area (Å²) >= 11 is 6.17. The Morgan fingerprint density at radius 1 is 1.21 bits per heavy atom. The van der Waals surface area contributed by atoms with Crippen molar-refractivity contribution in [1.29, 1.82) is 0 Å². The van der Waals surface area contributed by atoms with Crippen LogP contribution in [0.2, 0.25) is 0 Å². The molecule has 28 heavy (non-hydrogen) atoms. The van der Waals surface area contributed by atoms with Crippen molar-refractivity contribution >= 4 is 51.9 Å². The standard InChI is InChI=1S/C19H14N2O5S2/c22-17-16(11-13-8-4-5-9-14(13)21(25)26)28-19(27)20(17)15(18(23)24)10-12-6-2-1-3-7-12/h1-9,11,15H,10H2,(H,23,24)/b16-11-/t15-/m0/s1. The van der Waals surface area contributed by atoms with Crippen LogP contribution in [0.1, 0.15) is 11.1 Å². The van der Waals surface area contributed by atoms with E-state index in [1.165, 1.54) is 24.3 Å². The number of thiocarbonyl (C=S) groups is 1. The molecular weight excluding hydrogens is 400 g/mol. The number of hydrogen-bond donors (Lipinski definition) is 1. The monoisotopic (exact) mass is 414 g/mol. The fraction of sp³-hybridized carbons (Fsp3) is 0.105. The largest absolute Gasteiger partial charge is 0.480 e. The molecule has 1 amide bonds. The van der Waals surface area contributed by atoms with Crippen molar-refractivity contribution in [3.8, 4) is 0 Å². The molecule has 1 aliphatic rings. The number of para-hydroxylation sites is 1. The molecule has 9 heteroatoms. The first kappa shape index (κ1) is 19.7. The third-order valence-corrected chi connectivity index (χ3v) is 5.44. The van der Waals surface area contributed by atoms with Gasteiger partial charge in [0.1, 0.15) is 10.4 Å². The third kappa shape index (κ3) is 4.10. The molecule has 0 radical (unpaired) electrons. The number of carbonyl (C=O) groups is 2. The predicted octanol–water partition coefficient (Wildman–Crippen LogP) is 3.49. The molecule has 0 aliphatic carbocycles. The number of carboxylic acid groups (broad SMARTS) is 1. The van der Waals surface area contributed by atoms with Gasteiger partial charge >= 0.3 is 5.97 Å². The van der Waals surface area contributed by atoms with Gasteiger partial charge in [-0.3, -0.25) is 19.8 Å². The molecule has 0 saturated carbocycles. The Balaban J connectivity index is 1.92. The number of aliphatic carboxylic acids is 1. The lowest BCUT2D eigenvalue weighted by molar-refractivity contribution is -0.385. The smallest absolute Gasteiger partial charge is 0.327 e. The summed E-state index contributed by atoms with van der Waals surface area (Å²) in [6.45, 7) is 0. The lowest BCUT2D eigenvalue weighted by Gasteiger charge is -2.23. The molecular formula is C19H14N2O5S2. The zero-order chi connectivity index (χ0) is 20.3. The van der Waals surface area contributed by atoms with Crippen LogP contribution in [-0.2, 0) is 16.0 Å². The molecule has 0 bridgehead atoms. The number of hydrogen-bond acceptors (Lipinski definition) is 6. The van der Waals surface area contributed by atoms with Crippen molar-refractivity contribution in [2.24, 2.45) is 0 Å². The topological polar surface area (TPSA) is 101 Å². The lowest BCUT2D eigenvalue weighted by atomic mass is 10.0. The van der Waals surface area contributed by atoms with E-state index in [1.54, 1.807) is 30.3 Å². The lowest BCUT2D eigenvalue weighted by Crippen LogP contribution is -2.45. The quantitative estimate of drug-likeness (QED) is 0.334. The van der Waals surface area contributed by atoms with E-state index in [4.69, 9.17) is 12.2 Å². The maximum Gasteiger partial charge on any atom is 0.327 e. The minimum atomic E-state index is -1.17. The highest BCUT2D eigenvalue weighted by Gasteiger charge is 2.40. The van der Waals surface area contributed by atoms with Crippen LogP contribution in [0.5, 0.6) is 0 Å². The first-order chi connectivity index (χ1) is 13.4. The molecule has 1 saturated heterocycles. The number of nitrogens with zero attached hydrogens (tertiary/aromatic N) is 2. The van der Waals surface area contributed by atoms with Crippen molar-refractivity contribution in [2.75, 3.05) is 0 Å². The molecule has 1 heterocycles. The fourth-order valence-electron chi connectivity index (χ4n) is 2.79. The van der Waals surface area contributed by atoms with Crippen molar-refractivity contribution in [3.63, 3.8) is 0 Å². The van der Waals surface area contributed by atoms with E-state index in [0.29, 0.717) is 0 Å². The highest BCUT2D eigenvalue weighted by atomic mass is 32.2. The summed E-state index contributed by atoms with van der Waals surface area (Å²) in [5.74, 6) is -1.75. The van der Waals surface area contributed by atoms with E-state index in [9.17, 15) is 24.8 Å². The van der Waals surface area contributed by atoms with Gasteiger partial charge in [-0.25, -0.2) is 4.79 Å². The van der Waals surface area contributed by atoms with Crippen LogP contribution < -0.4 is 0 Å². The second-order valence-electron chi connectivity index (χ2n) is 5.91. The maximum absolute atomic E-state index is 12.9. The zero-order valence-corrected chi connectivity index (χ0v) is 16.0. The summed E-state index contributed by atoms with van der Waals surface area (Å²) in [6.07, 6.45) is 1.47. The average molecular weight is 414 g/mol. The average Bonchev–Trinajstić information content (AvgIpc) is 2.94. The van der Waals surface area contributed by atoms with Gasteiger partial charge in [-0.2, -0.15) is 0 Å². The first-order valence-electron chi connectivity index (χ1n) is 8.15. The highest BCUT2D eigenvalue weighted by molar-refractivity contribution is 8.26. The fourth-order valence-corrected chi connectivity index (χ4v) is 4.14. The van der Waals surface area contributed by atoms with Gasteiger partial charge in [0.05, 0.1) is 15.4 Å². The molecule has 0 unspecified atom stereocenters. The molecule has 1 atom stereocenters. The number of nitro groups is 1. The van der Waals surface area contributed by atoms with Gasteiger partial charge in [-0.05, 0) is 17.7 Å². The van der Waals surface area contributed by atoms with E-state index >= 15 is 0 Å². The number of nitro benzene ring substituents is 1. The minimum Gasteiger partial charge on any atom is -0.480 e. The summed E-state index contributed by atoms with van der Waals surface area (Å²) in [4.78, 5) is 36.5. The molecule has 142 valence electrons. The summed E-state index contributed by atoms with van der Waals surface area (Å²) in [7, 11) is 0. The van der Waals surface area contributed by atoms with Crippen LogP contribution in [0.15, 0.2) is 59.5 Å². The van der Waals surface area contributed by atoms with Crippen LogP contribution in [0.4, 0.5) is 5.69 Å². The number of rotatable bonds is 6. The summed E-state index contributed by atoms with van der Waals surface area (Å²) in [5, 5.41) is 20.8. The first-order valence-corrected chi connectivity index (χ1v) is 9.38. The van der Waals surface area contributed by atoms with Crippen molar-refractivity contribution in [1.82, 2.24) is 4.90 Å². The molecule has 3 rings (SSSR count). The molecule has 2 aromatic rings. The van der Waals surface area contributed by atoms with Crippen LogP contribution in [0, 0.1) is 10.1 Å². The molecule has 0 aromatic heterocycles. The van der Waals surface area contributed by atoms with E-state index in [2.05, 4.69) is 0 Å². The Labute approximate surface area is 169 Å².